The van der Waals surface area contributed by atoms with Crippen LogP contribution in [0.15, 0.2) is 48.7 Å². The Bertz CT molecular complexity index is 1190. The summed E-state index contributed by atoms with van der Waals surface area (Å²) in [4.78, 5) is 41.8. The van der Waals surface area contributed by atoms with Gasteiger partial charge in [-0.05, 0) is 36.2 Å². The summed E-state index contributed by atoms with van der Waals surface area (Å²) < 4.78 is 10.6. The number of rotatable bonds is 9. The Morgan fingerprint density at radius 3 is 2.70 bits per heavy atom. The van der Waals surface area contributed by atoms with E-state index < -0.39 is 18.0 Å². The average molecular weight is 450 g/mol. The number of benzene rings is 2. The van der Waals surface area contributed by atoms with E-state index in [9.17, 15) is 14.4 Å². The first-order chi connectivity index (χ1) is 16.0. The first kappa shape index (κ1) is 22.2. The molecule has 1 aromatic heterocycles. The van der Waals surface area contributed by atoms with Crippen LogP contribution in [-0.4, -0.2) is 54.5 Å². The third kappa shape index (κ3) is 4.77. The number of urea groups is 1. The molecule has 1 atom stereocenters. The van der Waals surface area contributed by atoms with Crippen molar-refractivity contribution >= 4 is 28.7 Å². The van der Waals surface area contributed by atoms with E-state index in [2.05, 4.69) is 15.6 Å². The summed E-state index contributed by atoms with van der Waals surface area (Å²) in [5.41, 5.74) is 2.76. The fourth-order valence-electron chi connectivity index (χ4n) is 3.95. The molecule has 1 fully saturated rings. The predicted molar refractivity (Wildman–Crippen MR) is 122 cm³/mol. The lowest BCUT2D eigenvalue weighted by molar-refractivity contribution is -0.131. The second kappa shape index (κ2) is 9.64. The van der Waals surface area contributed by atoms with Gasteiger partial charge in [0.05, 0.1) is 27.2 Å². The number of hydrogen-bond donors (Lipinski definition) is 3. The highest BCUT2D eigenvalue weighted by molar-refractivity contribution is 6.05. The lowest BCUT2D eigenvalue weighted by Crippen LogP contribution is -2.37. The third-order valence-electron chi connectivity index (χ3n) is 5.71. The van der Waals surface area contributed by atoms with Gasteiger partial charge in [0, 0.05) is 29.2 Å². The smallest absolute Gasteiger partial charge is 0.325 e. The number of amides is 4. The van der Waals surface area contributed by atoms with Crippen molar-refractivity contribution in [1.82, 2.24) is 20.5 Å². The minimum Gasteiger partial charge on any atom is -0.497 e. The molecule has 1 aliphatic rings. The number of imide groups is 1. The van der Waals surface area contributed by atoms with Gasteiger partial charge in [-0.2, -0.15) is 0 Å². The van der Waals surface area contributed by atoms with Crippen LogP contribution in [0, 0.1) is 0 Å². The fourth-order valence-corrected chi connectivity index (χ4v) is 3.95. The number of fused-ring (bicyclic) bond motifs is 1. The van der Waals surface area contributed by atoms with Crippen molar-refractivity contribution in [3.63, 3.8) is 0 Å². The van der Waals surface area contributed by atoms with Gasteiger partial charge in [-0.15, -0.1) is 0 Å². The van der Waals surface area contributed by atoms with Gasteiger partial charge >= 0.3 is 6.03 Å². The first-order valence-electron chi connectivity index (χ1n) is 10.6. The van der Waals surface area contributed by atoms with Gasteiger partial charge in [0.2, 0.25) is 5.91 Å². The molecule has 0 aliphatic carbocycles. The van der Waals surface area contributed by atoms with Gasteiger partial charge < -0.3 is 25.1 Å². The number of nitrogens with one attached hydrogen (secondary N) is 3. The molecule has 172 valence electrons. The van der Waals surface area contributed by atoms with E-state index in [-0.39, 0.29) is 18.9 Å². The number of H-pyrrole nitrogens is 1. The molecule has 0 saturated carbocycles. The number of aromatic amines is 1. The van der Waals surface area contributed by atoms with Crippen molar-refractivity contribution in [2.24, 2.45) is 0 Å². The normalized spacial score (nSPS) is 15.6. The summed E-state index contributed by atoms with van der Waals surface area (Å²) in [6, 6.07) is 11.6. The van der Waals surface area contributed by atoms with Crippen LogP contribution in [-0.2, 0) is 22.6 Å². The maximum Gasteiger partial charge on any atom is 0.325 e. The highest BCUT2D eigenvalue weighted by Gasteiger charge is 2.39. The molecule has 9 heteroatoms. The predicted octanol–water partition coefficient (Wildman–Crippen LogP) is 2.35. The zero-order valence-electron chi connectivity index (χ0n) is 18.5. The quantitative estimate of drug-likeness (QED) is 0.433. The summed E-state index contributed by atoms with van der Waals surface area (Å²) >= 11 is 0. The van der Waals surface area contributed by atoms with Crippen molar-refractivity contribution in [1.29, 1.82) is 0 Å². The van der Waals surface area contributed by atoms with Gasteiger partial charge in [0.25, 0.3) is 5.91 Å². The van der Waals surface area contributed by atoms with E-state index in [0.29, 0.717) is 24.3 Å². The molecule has 2 heterocycles. The Balaban J connectivity index is 1.31. The highest BCUT2D eigenvalue weighted by atomic mass is 16.5. The summed E-state index contributed by atoms with van der Waals surface area (Å²) in [5.74, 6) is 0.629. The van der Waals surface area contributed by atoms with Crippen LogP contribution in [0.25, 0.3) is 10.9 Å². The molecule has 0 unspecified atom stereocenters. The van der Waals surface area contributed by atoms with Crippen molar-refractivity contribution in [3.05, 3.63) is 59.8 Å². The summed E-state index contributed by atoms with van der Waals surface area (Å²) in [6.45, 7) is 0.486. The Morgan fingerprint density at radius 1 is 1.09 bits per heavy atom. The molecule has 0 bridgehead atoms. The van der Waals surface area contributed by atoms with E-state index >= 15 is 0 Å². The highest BCUT2D eigenvalue weighted by Crippen LogP contribution is 2.24. The van der Waals surface area contributed by atoms with Gasteiger partial charge in [0.1, 0.15) is 17.5 Å². The second-order valence-corrected chi connectivity index (χ2v) is 7.77. The van der Waals surface area contributed by atoms with Crippen LogP contribution in [0.3, 0.4) is 0 Å². The molecule has 1 saturated heterocycles. The largest absolute Gasteiger partial charge is 0.497 e. The number of aromatic nitrogens is 1. The van der Waals surface area contributed by atoms with Crippen molar-refractivity contribution in [2.75, 3.05) is 20.8 Å². The van der Waals surface area contributed by atoms with Crippen LogP contribution in [0.5, 0.6) is 11.5 Å². The minimum atomic E-state index is -0.885. The molecular weight excluding hydrogens is 424 g/mol. The number of nitrogens with zero attached hydrogens (tertiary/aromatic N) is 1. The van der Waals surface area contributed by atoms with Gasteiger partial charge in [-0.25, -0.2) is 4.79 Å². The third-order valence-corrected chi connectivity index (χ3v) is 5.71. The Labute approximate surface area is 191 Å². The molecule has 0 spiro atoms. The minimum absolute atomic E-state index is 0.0802. The van der Waals surface area contributed by atoms with Crippen molar-refractivity contribution in [2.45, 2.75) is 25.4 Å². The zero-order valence-corrected chi connectivity index (χ0v) is 18.5. The number of ether oxygens (including phenoxy) is 2. The van der Waals surface area contributed by atoms with E-state index in [4.69, 9.17) is 9.47 Å². The number of methoxy groups -OCH3 is 2. The molecule has 3 N–H and O–H groups in total. The maximum absolute atomic E-state index is 12.7. The average Bonchev–Trinajstić information content (AvgIpc) is 3.34. The first-order valence-corrected chi connectivity index (χ1v) is 10.6. The monoisotopic (exact) mass is 450 g/mol. The zero-order chi connectivity index (χ0) is 23.4. The lowest BCUT2D eigenvalue weighted by Gasteiger charge is -2.15. The Morgan fingerprint density at radius 2 is 1.91 bits per heavy atom. The molecule has 2 aromatic carbocycles. The van der Waals surface area contributed by atoms with Crippen LogP contribution in [0.4, 0.5) is 4.79 Å². The van der Waals surface area contributed by atoms with Crippen LogP contribution in [0.2, 0.25) is 0 Å². The van der Waals surface area contributed by atoms with Gasteiger partial charge in [-0.3, -0.25) is 14.5 Å². The van der Waals surface area contributed by atoms with Crippen LogP contribution >= 0.6 is 0 Å². The van der Waals surface area contributed by atoms with Gasteiger partial charge in [-0.1, -0.05) is 18.2 Å². The summed E-state index contributed by atoms with van der Waals surface area (Å²) in [7, 11) is 3.15. The number of carbonyl (C=O) groups excluding carboxylic acids is 3. The molecule has 3 aromatic rings. The number of carbonyl (C=O) groups is 3. The molecule has 1 aliphatic heterocycles. The number of hydrogen-bond acceptors (Lipinski definition) is 5. The lowest BCUT2D eigenvalue weighted by atomic mass is 10.1. The molecule has 9 nitrogen and oxygen atoms in total. The van der Waals surface area contributed by atoms with Crippen molar-refractivity contribution in [3.8, 4) is 11.5 Å². The van der Waals surface area contributed by atoms with E-state index in [1.165, 1.54) is 7.11 Å². The SMILES string of the molecule is COc1ccc2[nH]cc(CCNC(=O)C[C@H]3NC(=O)N(Cc4ccccc4OC)C3=O)c2c1. The van der Waals surface area contributed by atoms with E-state index in [1.54, 1.807) is 19.2 Å². The Kier molecular flexibility index (Phi) is 6.48. The van der Waals surface area contributed by atoms with E-state index in [1.807, 2.05) is 36.5 Å². The topological polar surface area (TPSA) is 113 Å². The Hall–Kier alpha value is -4.01. The molecular formula is C24H26N4O5. The summed E-state index contributed by atoms with van der Waals surface area (Å²) in [5, 5.41) is 6.47. The standard InChI is InChI=1S/C24H26N4O5/c1-32-17-7-8-19-18(11-17)15(13-26-19)9-10-25-22(29)12-20-23(30)28(24(31)27-20)14-16-5-3-4-6-21(16)33-2/h3-8,11,13,20,26H,9-10,12,14H2,1-2H3,(H,25,29)(H,27,31)/t20-/m1/s1. The van der Waals surface area contributed by atoms with E-state index in [0.717, 1.165) is 27.1 Å². The van der Waals surface area contributed by atoms with Crippen LogP contribution in [0.1, 0.15) is 17.5 Å². The number of para-hydroxylation sites is 1. The fraction of sp³-hybridized carbons (Fsp3) is 0.292. The maximum atomic E-state index is 12.7. The summed E-state index contributed by atoms with van der Waals surface area (Å²) in [6.07, 6.45) is 2.41. The molecule has 0 radical (unpaired) electrons. The molecule has 4 amide bonds. The molecule has 33 heavy (non-hydrogen) atoms. The van der Waals surface area contributed by atoms with Crippen LogP contribution < -0.4 is 20.1 Å². The van der Waals surface area contributed by atoms with Gasteiger partial charge in [0.15, 0.2) is 0 Å². The molecule has 4 rings (SSSR count). The van der Waals surface area contributed by atoms with Crippen molar-refractivity contribution < 1.29 is 23.9 Å². The second-order valence-electron chi connectivity index (χ2n) is 7.77.